The highest BCUT2D eigenvalue weighted by atomic mass is 16.6. The molecule has 26 heteroatoms. The maximum Gasteiger partial charge on any atom is 0.410 e. The zero-order chi connectivity index (χ0) is 70.5. The van der Waals surface area contributed by atoms with E-state index in [1.807, 2.05) is 44.2 Å². The topological polar surface area (TPSA) is 361 Å². The van der Waals surface area contributed by atoms with Gasteiger partial charge in [0.2, 0.25) is 35.4 Å². The lowest BCUT2D eigenvalue weighted by Crippen LogP contribution is -2.60. The highest BCUT2D eigenvalue weighted by Gasteiger charge is 2.43. The number of nitrogens with two attached hydrogens (primary N) is 2. The SMILES string of the molecule is CC(N)C(O)c1ccccc1.CCC(C)C(C(CC(=O)N1CCCC1C(OC)C(C)C=O)OC)N(C)C(=O)C(NC(=O)C(C(C)C)N(C)C(=O)OCc1ccc(NC(=O)C(CCCNC(N)=O)NC(=O)C(NC(=O)CCCCCN2C(=O)C=CC2=O)C(C)C)cc1)C(C)C. The molecule has 26 nitrogen and oxygen atoms in total. The van der Waals surface area contributed by atoms with Crippen molar-refractivity contribution in [2.75, 3.05) is 53.3 Å². The van der Waals surface area contributed by atoms with E-state index in [0.717, 1.165) is 23.2 Å². The third-order valence-electron chi connectivity index (χ3n) is 17.2. The van der Waals surface area contributed by atoms with E-state index >= 15 is 0 Å². The summed E-state index contributed by atoms with van der Waals surface area (Å²) in [5.74, 6) is -5.18. The van der Waals surface area contributed by atoms with Gasteiger partial charge in [0.05, 0.1) is 36.8 Å². The fourth-order valence-electron chi connectivity index (χ4n) is 11.6. The van der Waals surface area contributed by atoms with Crippen molar-refractivity contribution in [2.24, 2.45) is 41.1 Å². The van der Waals surface area contributed by atoms with E-state index in [0.29, 0.717) is 49.9 Å². The second kappa shape index (κ2) is 40.4. The van der Waals surface area contributed by atoms with Gasteiger partial charge in [-0.15, -0.1) is 0 Å². The number of likely N-dealkylation sites (tertiary alicyclic amines) is 1. The molecule has 10 N–H and O–H groups in total. The second-order valence-electron chi connectivity index (χ2n) is 25.5. The van der Waals surface area contributed by atoms with Crippen LogP contribution in [-0.4, -0.2) is 193 Å². The largest absolute Gasteiger partial charge is 0.445 e. The van der Waals surface area contributed by atoms with Gasteiger partial charge in [-0.05, 0) is 92.4 Å². The Morgan fingerprint density at radius 3 is 1.93 bits per heavy atom. The molecule has 2 aliphatic heterocycles. The highest BCUT2D eigenvalue weighted by molar-refractivity contribution is 6.12. The number of methoxy groups -OCH3 is 2. The summed E-state index contributed by atoms with van der Waals surface area (Å²) in [5, 5.41) is 23.2. The second-order valence-corrected chi connectivity index (χ2v) is 25.5. The Balaban J connectivity index is 0.00000189. The fourth-order valence-corrected chi connectivity index (χ4v) is 11.6. The number of anilines is 1. The molecule has 0 radical (unpaired) electrons. The molecule has 0 spiro atoms. The first kappa shape index (κ1) is 80.4. The smallest absolute Gasteiger partial charge is 0.410 e. The number of aldehydes is 1. The number of benzene rings is 2. The number of urea groups is 1. The molecule has 2 heterocycles. The van der Waals surface area contributed by atoms with Crippen LogP contribution < -0.4 is 38.1 Å². The molecule has 0 aromatic heterocycles. The number of imide groups is 1. The molecule has 1 fully saturated rings. The minimum Gasteiger partial charge on any atom is -0.445 e. The summed E-state index contributed by atoms with van der Waals surface area (Å²) in [6.45, 7) is 18.8. The van der Waals surface area contributed by atoms with Crippen LogP contribution in [0.5, 0.6) is 0 Å². The van der Waals surface area contributed by atoms with Crippen molar-refractivity contribution in [1.82, 2.24) is 40.9 Å². The average Bonchev–Trinajstić information content (AvgIpc) is 1.33. The zero-order valence-electron chi connectivity index (χ0n) is 57.6. The first-order valence-corrected chi connectivity index (χ1v) is 32.8. The van der Waals surface area contributed by atoms with Crippen LogP contribution in [0.25, 0.3) is 0 Å². The number of hydrogen-bond acceptors (Lipinski definition) is 16. The van der Waals surface area contributed by atoms with Gasteiger partial charge in [0.1, 0.15) is 37.1 Å². The lowest BCUT2D eigenvalue weighted by atomic mass is 9.89. The normalized spacial score (nSPS) is 17.2. The van der Waals surface area contributed by atoms with Gasteiger partial charge in [-0.1, -0.05) is 118 Å². The first-order chi connectivity index (χ1) is 44.4. The molecule has 2 aliphatic rings. The number of aliphatic hydroxyl groups excluding tert-OH is 1. The summed E-state index contributed by atoms with van der Waals surface area (Å²) in [5.41, 5.74) is 12.5. The van der Waals surface area contributed by atoms with Crippen molar-refractivity contribution in [1.29, 1.82) is 0 Å². The molecule has 11 amide bonds. The quantitative estimate of drug-likeness (QED) is 0.0248. The Bertz CT molecular complexity index is 2800. The van der Waals surface area contributed by atoms with Gasteiger partial charge in [0.15, 0.2) is 0 Å². The molecule has 12 unspecified atom stereocenters. The average molecular weight is 1320 g/mol. The van der Waals surface area contributed by atoms with E-state index in [9.17, 15) is 57.8 Å². The van der Waals surface area contributed by atoms with Crippen molar-refractivity contribution in [3.63, 3.8) is 0 Å². The standard InChI is InChI=1S/C59H94N10O14.C9H13NO/c1-14-38(8)52(44(81-12)32-48(74)68-31-19-21-43(68)53(82-13)39(9)33-70)66(10)57(78)50(36(4)5)65-56(77)51(37(6)7)67(11)59(80)83-34-40-23-25-41(26-24-40)62-54(75)42(20-18-29-61-58(60)79)63-55(76)49(35(2)3)64-45(71)22-16-15-17-30-69-46(72)27-28-47(69)73;1-7(10)9(11)8-5-3-2-4-6-8/h23-28,33,35-39,42-44,49-53H,14-22,29-32,34H2,1-13H3,(H,62,75)(H,63,76)(H,64,71)(H,65,77)(H3,60,61,79);2-7,9,11H,10H2,1H3. The molecule has 12 atom stereocenters. The van der Waals surface area contributed by atoms with Gasteiger partial charge in [0, 0.05) is 84.2 Å². The van der Waals surface area contributed by atoms with E-state index in [-0.39, 0.29) is 92.9 Å². The molecule has 524 valence electrons. The predicted molar refractivity (Wildman–Crippen MR) is 356 cm³/mol. The molecule has 2 aromatic rings. The molecule has 0 bridgehead atoms. The Morgan fingerprint density at radius 2 is 1.38 bits per heavy atom. The molecule has 0 saturated carbocycles. The number of amides is 11. The molecule has 0 aliphatic carbocycles. The number of hydrogen-bond donors (Lipinski definition) is 8. The Labute approximate surface area is 555 Å². The van der Waals surface area contributed by atoms with E-state index in [1.165, 1.54) is 38.3 Å². The van der Waals surface area contributed by atoms with Crippen LogP contribution in [0, 0.1) is 29.6 Å². The van der Waals surface area contributed by atoms with Crippen molar-refractivity contribution in [3.8, 4) is 0 Å². The zero-order valence-corrected chi connectivity index (χ0v) is 57.6. The van der Waals surface area contributed by atoms with Crippen molar-refractivity contribution >= 4 is 71.4 Å². The van der Waals surface area contributed by atoms with Crippen LogP contribution in [0.15, 0.2) is 66.7 Å². The first-order valence-electron chi connectivity index (χ1n) is 32.8. The predicted octanol–water partition coefficient (Wildman–Crippen LogP) is 5.10. The van der Waals surface area contributed by atoms with Gasteiger partial charge < -0.3 is 72.0 Å². The van der Waals surface area contributed by atoms with Crippen molar-refractivity contribution in [3.05, 3.63) is 77.9 Å². The van der Waals surface area contributed by atoms with Crippen LogP contribution in [0.3, 0.4) is 0 Å². The Hall–Kier alpha value is -7.81. The summed E-state index contributed by atoms with van der Waals surface area (Å²) in [6.07, 6.45) is 4.76. The Morgan fingerprint density at radius 1 is 0.755 bits per heavy atom. The van der Waals surface area contributed by atoms with Gasteiger partial charge in [-0.3, -0.25) is 48.2 Å². The molecule has 4 rings (SSSR count). The van der Waals surface area contributed by atoms with Crippen LogP contribution in [-0.2, 0) is 64.0 Å². The molecule has 94 heavy (non-hydrogen) atoms. The monoisotopic (exact) mass is 1320 g/mol. The number of unbranched alkanes of at least 4 members (excludes halogenated alkanes) is 2. The van der Waals surface area contributed by atoms with Crippen LogP contribution in [0.2, 0.25) is 0 Å². The fraction of sp³-hybridized carbons (Fsp3) is 0.632. The molecular formula is C68H107N11O15. The number of aliphatic hydroxyl groups is 1. The van der Waals surface area contributed by atoms with E-state index in [4.69, 9.17) is 25.7 Å². The van der Waals surface area contributed by atoms with Gasteiger partial charge in [-0.2, -0.15) is 0 Å². The number of carbonyl (C=O) groups is 11. The summed E-state index contributed by atoms with van der Waals surface area (Å²) < 4.78 is 17.4. The molecule has 2 aromatic carbocycles. The minimum absolute atomic E-state index is 0.0283. The third-order valence-corrected chi connectivity index (χ3v) is 17.2. The van der Waals surface area contributed by atoms with Crippen LogP contribution in [0.1, 0.15) is 151 Å². The lowest BCUT2D eigenvalue weighted by molar-refractivity contribution is -0.147. The summed E-state index contributed by atoms with van der Waals surface area (Å²) in [6, 6.07) is 9.83. The van der Waals surface area contributed by atoms with Crippen molar-refractivity contribution in [2.45, 2.75) is 201 Å². The van der Waals surface area contributed by atoms with Gasteiger partial charge in [-0.25, -0.2) is 9.59 Å². The van der Waals surface area contributed by atoms with E-state index < -0.39 is 102 Å². The van der Waals surface area contributed by atoms with E-state index in [2.05, 4.69) is 26.6 Å². The number of carbonyl (C=O) groups excluding carboxylic acids is 11. The van der Waals surface area contributed by atoms with Crippen LogP contribution in [0.4, 0.5) is 15.3 Å². The van der Waals surface area contributed by atoms with Gasteiger partial charge in [0.25, 0.3) is 11.8 Å². The maximum absolute atomic E-state index is 14.6. The number of likely N-dealkylation sites (N-methyl/N-ethyl adjacent to an activating group) is 2. The number of nitrogens with one attached hydrogen (secondary N) is 5. The number of nitrogens with zero attached hydrogens (tertiary/aromatic N) is 4. The Kier molecular flexibility index (Phi) is 34.6. The minimum atomic E-state index is -1.10. The van der Waals surface area contributed by atoms with Gasteiger partial charge >= 0.3 is 12.1 Å². The highest BCUT2D eigenvalue weighted by Crippen LogP contribution is 2.30. The lowest BCUT2D eigenvalue weighted by Gasteiger charge is -2.41. The number of rotatable bonds is 37. The molecule has 1 saturated heterocycles. The maximum atomic E-state index is 14.6. The van der Waals surface area contributed by atoms with E-state index in [1.54, 1.807) is 96.5 Å². The summed E-state index contributed by atoms with van der Waals surface area (Å²) in [7, 11) is 6.13. The molecular weight excluding hydrogens is 1210 g/mol. The number of ether oxygens (including phenoxy) is 3. The van der Waals surface area contributed by atoms with Crippen molar-refractivity contribution < 1.29 is 72.1 Å². The number of primary amides is 1. The summed E-state index contributed by atoms with van der Waals surface area (Å²) >= 11 is 0. The summed E-state index contributed by atoms with van der Waals surface area (Å²) in [4.78, 5) is 149. The third kappa shape index (κ3) is 24.8. The van der Waals surface area contributed by atoms with Crippen LogP contribution >= 0.6 is 0 Å².